The third kappa shape index (κ3) is 2.43. The minimum atomic E-state index is -0.258. The zero-order valence-corrected chi connectivity index (χ0v) is 10.8. The Hall–Kier alpha value is -0.910. The predicted molar refractivity (Wildman–Crippen MR) is 67.0 cm³/mol. The fourth-order valence-electron chi connectivity index (χ4n) is 2.96. The van der Waals surface area contributed by atoms with Crippen LogP contribution in [0.3, 0.4) is 0 Å². The normalized spacial score (nSPS) is 25.6. The van der Waals surface area contributed by atoms with E-state index in [2.05, 4.69) is 22.2 Å². The van der Waals surface area contributed by atoms with Crippen molar-refractivity contribution in [1.82, 2.24) is 15.3 Å². The van der Waals surface area contributed by atoms with Crippen LogP contribution < -0.4 is 5.32 Å². The summed E-state index contributed by atoms with van der Waals surface area (Å²) < 4.78 is 11.5. The molecule has 1 saturated heterocycles. The van der Waals surface area contributed by atoms with E-state index in [9.17, 15) is 0 Å². The molecule has 1 atom stereocenters. The average Bonchev–Trinajstić information content (AvgIpc) is 3.04. The topological polar surface area (TPSA) is 59.2 Å². The Kier molecular flexibility index (Phi) is 3.37. The molecule has 5 nitrogen and oxygen atoms in total. The van der Waals surface area contributed by atoms with Crippen LogP contribution in [0.4, 0.5) is 0 Å². The highest BCUT2D eigenvalue weighted by Crippen LogP contribution is 2.36. The molecule has 2 fully saturated rings. The molecule has 0 aromatic carbocycles. The van der Waals surface area contributed by atoms with Gasteiger partial charge in [0, 0.05) is 31.3 Å². The SMILES string of the molecule is CC(NC1CCC2(CC1)OCCO2)c1ncc[nH]1. The molecule has 2 aliphatic rings. The second kappa shape index (κ2) is 4.99. The number of aromatic nitrogens is 2. The van der Waals surface area contributed by atoms with Gasteiger partial charge in [0.2, 0.25) is 0 Å². The summed E-state index contributed by atoms with van der Waals surface area (Å²) in [5, 5.41) is 3.62. The standard InChI is InChI=1S/C13H21N3O2/c1-10(12-14-6-7-15-12)16-11-2-4-13(5-3-11)17-8-9-18-13/h6-7,10-11,16H,2-5,8-9H2,1H3,(H,14,15). The summed E-state index contributed by atoms with van der Waals surface area (Å²) >= 11 is 0. The number of nitrogens with zero attached hydrogens (tertiary/aromatic N) is 1. The van der Waals surface area contributed by atoms with Crippen molar-refractivity contribution in [3.8, 4) is 0 Å². The van der Waals surface area contributed by atoms with Crippen molar-refractivity contribution in [2.45, 2.75) is 50.5 Å². The lowest BCUT2D eigenvalue weighted by Crippen LogP contribution is -2.42. The van der Waals surface area contributed by atoms with E-state index in [-0.39, 0.29) is 11.8 Å². The first-order valence-corrected chi connectivity index (χ1v) is 6.81. The van der Waals surface area contributed by atoms with Crippen molar-refractivity contribution in [2.75, 3.05) is 13.2 Å². The number of rotatable bonds is 3. The van der Waals surface area contributed by atoms with Gasteiger partial charge in [0.1, 0.15) is 5.82 Å². The molecule has 2 N–H and O–H groups in total. The summed E-state index contributed by atoms with van der Waals surface area (Å²) in [7, 11) is 0. The molecule has 1 aromatic rings. The molecule has 5 heteroatoms. The highest BCUT2D eigenvalue weighted by molar-refractivity contribution is 4.96. The lowest BCUT2D eigenvalue weighted by atomic mass is 9.89. The van der Waals surface area contributed by atoms with Gasteiger partial charge in [-0.2, -0.15) is 0 Å². The number of hydrogen-bond donors (Lipinski definition) is 2. The van der Waals surface area contributed by atoms with Gasteiger partial charge in [-0.1, -0.05) is 0 Å². The van der Waals surface area contributed by atoms with Crippen molar-refractivity contribution >= 4 is 0 Å². The third-order valence-electron chi connectivity index (χ3n) is 3.98. The maximum Gasteiger partial charge on any atom is 0.168 e. The minimum absolute atomic E-state index is 0.258. The smallest absolute Gasteiger partial charge is 0.168 e. The predicted octanol–water partition coefficient (Wildman–Crippen LogP) is 1.75. The minimum Gasteiger partial charge on any atom is -0.348 e. The highest BCUT2D eigenvalue weighted by atomic mass is 16.7. The number of hydrogen-bond acceptors (Lipinski definition) is 4. The van der Waals surface area contributed by atoms with Crippen molar-refractivity contribution in [2.24, 2.45) is 0 Å². The van der Waals surface area contributed by atoms with Gasteiger partial charge in [-0.25, -0.2) is 4.98 Å². The highest BCUT2D eigenvalue weighted by Gasteiger charge is 2.40. The molecule has 3 rings (SSSR count). The quantitative estimate of drug-likeness (QED) is 0.859. The zero-order chi connectivity index (χ0) is 12.4. The molecule has 2 heterocycles. The second-order valence-corrected chi connectivity index (χ2v) is 5.24. The van der Waals surface area contributed by atoms with Crippen LogP contribution in [-0.4, -0.2) is 35.0 Å². The Morgan fingerprint density at radius 2 is 2.11 bits per heavy atom. The molecule has 1 aliphatic carbocycles. The van der Waals surface area contributed by atoms with Gasteiger partial charge >= 0.3 is 0 Å². The number of nitrogens with one attached hydrogen (secondary N) is 2. The van der Waals surface area contributed by atoms with Crippen molar-refractivity contribution < 1.29 is 9.47 Å². The second-order valence-electron chi connectivity index (χ2n) is 5.24. The molecule has 1 spiro atoms. The maximum absolute atomic E-state index is 5.74. The first kappa shape index (κ1) is 12.1. The molecule has 18 heavy (non-hydrogen) atoms. The Morgan fingerprint density at radius 3 is 2.72 bits per heavy atom. The van der Waals surface area contributed by atoms with Crippen LogP contribution in [0.2, 0.25) is 0 Å². The Morgan fingerprint density at radius 1 is 1.39 bits per heavy atom. The fraction of sp³-hybridized carbons (Fsp3) is 0.769. The number of imidazole rings is 1. The number of H-pyrrole nitrogens is 1. The van der Waals surface area contributed by atoms with Crippen molar-refractivity contribution in [3.63, 3.8) is 0 Å². The van der Waals surface area contributed by atoms with Gasteiger partial charge in [-0.05, 0) is 19.8 Å². The maximum atomic E-state index is 5.74. The molecule has 1 saturated carbocycles. The van der Waals surface area contributed by atoms with Crippen molar-refractivity contribution in [1.29, 1.82) is 0 Å². The number of aromatic amines is 1. The summed E-state index contributed by atoms with van der Waals surface area (Å²) in [6, 6.07) is 0.799. The van der Waals surface area contributed by atoms with E-state index in [1.165, 1.54) is 0 Å². The van der Waals surface area contributed by atoms with Gasteiger partial charge in [0.05, 0.1) is 19.3 Å². The van der Waals surface area contributed by atoms with E-state index >= 15 is 0 Å². The van der Waals surface area contributed by atoms with E-state index in [1.807, 2.05) is 6.20 Å². The molecule has 1 unspecified atom stereocenters. The average molecular weight is 251 g/mol. The lowest BCUT2D eigenvalue weighted by Gasteiger charge is -2.36. The third-order valence-corrected chi connectivity index (χ3v) is 3.98. The van der Waals surface area contributed by atoms with Gasteiger partial charge in [-0.3, -0.25) is 0 Å². The molecular weight excluding hydrogens is 230 g/mol. The Bertz CT molecular complexity index is 364. The largest absolute Gasteiger partial charge is 0.348 e. The first-order valence-electron chi connectivity index (χ1n) is 6.81. The van der Waals surface area contributed by atoms with Crippen LogP contribution in [0.1, 0.15) is 44.5 Å². The van der Waals surface area contributed by atoms with Crippen LogP contribution in [0.5, 0.6) is 0 Å². The molecule has 100 valence electrons. The lowest BCUT2D eigenvalue weighted by molar-refractivity contribution is -0.179. The van der Waals surface area contributed by atoms with Crippen LogP contribution in [0.15, 0.2) is 12.4 Å². The van der Waals surface area contributed by atoms with E-state index in [1.54, 1.807) is 6.20 Å². The molecule has 1 aromatic heterocycles. The molecule has 0 amide bonds. The summed E-state index contributed by atoms with van der Waals surface area (Å²) in [6.07, 6.45) is 7.86. The summed E-state index contributed by atoms with van der Waals surface area (Å²) in [5.74, 6) is 0.746. The van der Waals surface area contributed by atoms with Crippen LogP contribution in [-0.2, 0) is 9.47 Å². The molecular formula is C13H21N3O2. The summed E-state index contributed by atoms with van der Waals surface area (Å²) in [6.45, 7) is 3.65. The Balaban J connectivity index is 1.51. The van der Waals surface area contributed by atoms with Crippen LogP contribution >= 0.6 is 0 Å². The van der Waals surface area contributed by atoms with E-state index in [0.717, 1.165) is 44.7 Å². The van der Waals surface area contributed by atoms with Gasteiger partial charge < -0.3 is 19.8 Å². The monoisotopic (exact) mass is 251 g/mol. The molecule has 0 bridgehead atoms. The van der Waals surface area contributed by atoms with Crippen LogP contribution in [0, 0.1) is 0 Å². The Labute approximate surface area is 107 Å². The van der Waals surface area contributed by atoms with Crippen LogP contribution in [0.25, 0.3) is 0 Å². The van der Waals surface area contributed by atoms with E-state index < -0.39 is 0 Å². The zero-order valence-electron chi connectivity index (χ0n) is 10.8. The van der Waals surface area contributed by atoms with Gasteiger partial charge in [0.25, 0.3) is 0 Å². The fourth-order valence-corrected chi connectivity index (χ4v) is 2.96. The molecule has 1 aliphatic heterocycles. The summed E-state index contributed by atoms with van der Waals surface area (Å²) in [5.41, 5.74) is 0. The number of ether oxygens (including phenoxy) is 2. The van der Waals surface area contributed by atoms with Gasteiger partial charge in [-0.15, -0.1) is 0 Å². The van der Waals surface area contributed by atoms with Gasteiger partial charge in [0.15, 0.2) is 5.79 Å². The van der Waals surface area contributed by atoms with E-state index in [0.29, 0.717) is 6.04 Å². The van der Waals surface area contributed by atoms with E-state index in [4.69, 9.17) is 9.47 Å². The summed E-state index contributed by atoms with van der Waals surface area (Å²) in [4.78, 5) is 7.44. The molecule has 0 radical (unpaired) electrons. The first-order chi connectivity index (χ1) is 8.77. The van der Waals surface area contributed by atoms with Crippen molar-refractivity contribution in [3.05, 3.63) is 18.2 Å².